The Bertz CT molecular complexity index is 1170. The smallest absolute Gasteiger partial charge is 0.242 e. The minimum absolute atomic E-state index is 0.213. The van der Waals surface area contributed by atoms with Crippen molar-refractivity contribution in [2.24, 2.45) is 0 Å². The van der Waals surface area contributed by atoms with Gasteiger partial charge in [-0.3, -0.25) is 4.57 Å². The third-order valence-corrected chi connectivity index (χ3v) is 6.00. The number of thiazole rings is 1. The number of aliphatic hydroxyl groups is 2. The molecular formula is C20H19N5O5S. The largest absolute Gasteiger partial charge is 0.492 e. The summed E-state index contributed by atoms with van der Waals surface area (Å²) in [6.45, 7) is -0.141. The van der Waals surface area contributed by atoms with E-state index in [1.807, 2.05) is 29.6 Å². The minimum atomic E-state index is -1.06. The van der Waals surface area contributed by atoms with Gasteiger partial charge in [0, 0.05) is 17.1 Å². The predicted molar refractivity (Wildman–Crippen MR) is 110 cm³/mol. The van der Waals surface area contributed by atoms with Crippen molar-refractivity contribution in [2.45, 2.75) is 31.1 Å². The summed E-state index contributed by atoms with van der Waals surface area (Å²) < 4.78 is 13.4. The van der Waals surface area contributed by atoms with E-state index in [0.717, 1.165) is 16.1 Å². The van der Waals surface area contributed by atoms with E-state index >= 15 is 0 Å². The molecule has 4 aromatic rings. The predicted octanol–water partition coefficient (Wildman–Crippen LogP) is 1.49. The summed E-state index contributed by atoms with van der Waals surface area (Å²) in [4.78, 5) is 16.3. The van der Waals surface area contributed by atoms with Gasteiger partial charge >= 0.3 is 0 Å². The molecule has 10 nitrogen and oxygen atoms in total. The standard InChI is InChI=1S/C20H19N5O5S/c26-7-13-15(27)16(20(30-13)25-10-24-14-17(25)22-9-23-18(14)28)29-8-11-1-3-12(4-2-11)19-21-5-6-31-19/h1-6,9-10,13,15-16,20,26-27H,7-8H2,(H,22,23,28)/t13-,15?,16?,20-/m1/s1. The molecule has 31 heavy (non-hydrogen) atoms. The fraction of sp³-hybridized carbons (Fsp3) is 0.300. The van der Waals surface area contributed by atoms with Crippen LogP contribution in [0.15, 0.2) is 48.5 Å². The molecule has 3 aromatic heterocycles. The summed E-state index contributed by atoms with van der Waals surface area (Å²) in [5, 5.41) is 33.0. The fourth-order valence-electron chi connectivity index (χ4n) is 3.60. The van der Waals surface area contributed by atoms with Gasteiger partial charge in [-0.1, -0.05) is 24.3 Å². The molecule has 1 fully saturated rings. The van der Waals surface area contributed by atoms with Crippen molar-refractivity contribution < 1.29 is 24.8 Å². The molecule has 0 aliphatic carbocycles. The van der Waals surface area contributed by atoms with E-state index in [4.69, 9.17) is 9.47 Å². The van der Waals surface area contributed by atoms with Gasteiger partial charge in [0.2, 0.25) is 5.88 Å². The molecule has 5 rings (SSSR count). The Labute approximate surface area is 180 Å². The van der Waals surface area contributed by atoms with Gasteiger partial charge in [0.25, 0.3) is 0 Å². The van der Waals surface area contributed by atoms with Crippen LogP contribution < -0.4 is 0 Å². The molecule has 2 unspecified atom stereocenters. The quantitative estimate of drug-likeness (QED) is 0.406. The van der Waals surface area contributed by atoms with Crippen LogP contribution >= 0.6 is 11.3 Å². The average molecular weight is 441 g/mol. The summed E-state index contributed by atoms with van der Waals surface area (Å²) in [5.74, 6) is -0.251. The van der Waals surface area contributed by atoms with Crippen molar-refractivity contribution in [1.29, 1.82) is 0 Å². The zero-order chi connectivity index (χ0) is 21.4. The Hall–Kier alpha value is -2.96. The topological polar surface area (TPSA) is 136 Å². The molecule has 0 radical (unpaired) electrons. The van der Waals surface area contributed by atoms with E-state index in [2.05, 4.69) is 19.9 Å². The molecular weight excluding hydrogens is 422 g/mol. The Kier molecular flexibility index (Phi) is 5.34. The first-order chi connectivity index (χ1) is 15.2. The SMILES string of the molecule is OC[C@H]1O[C@@H](n2cnc3c(O)ncnc32)C(OCc2ccc(-c3nccs3)cc2)C1O. The minimum Gasteiger partial charge on any atom is -0.492 e. The van der Waals surface area contributed by atoms with Gasteiger partial charge in [-0.2, -0.15) is 4.98 Å². The highest BCUT2D eigenvalue weighted by Crippen LogP contribution is 2.35. The van der Waals surface area contributed by atoms with Crippen molar-refractivity contribution >= 4 is 22.5 Å². The van der Waals surface area contributed by atoms with Gasteiger partial charge in [0.1, 0.15) is 29.6 Å². The van der Waals surface area contributed by atoms with Gasteiger partial charge < -0.3 is 24.8 Å². The molecule has 1 saturated heterocycles. The van der Waals surface area contributed by atoms with E-state index in [9.17, 15) is 15.3 Å². The number of hydrogen-bond acceptors (Lipinski definition) is 10. The van der Waals surface area contributed by atoms with Crippen molar-refractivity contribution in [3.8, 4) is 16.5 Å². The highest BCUT2D eigenvalue weighted by molar-refractivity contribution is 7.13. The second kappa shape index (κ2) is 8.29. The van der Waals surface area contributed by atoms with E-state index in [0.29, 0.717) is 5.65 Å². The number of imidazole rings is 1. The third kappa shape index (κ3) is 3.66. The lowest BCUT2D eigenvalue weighted by Gasteiger charge is -2.22. The van der Waals surface area contributed by atoms with Gasteiger partial charge in [-0.25, -0.2) is 15.0 Å². The molecule has 11 heteroatoms. The Morgan fingerprint density at radius 2 is 1.97 bits per heavy atom. The van der Waals surface area contributed by atoms with Crippen molar-refractivity contribution in [3.63, 3.8) is 0 Å². The normalized spacial score (nSPS) is 23.5. The van der Waals surface area contributed by atoms with Crippen LogP contribution in [-0.2, 0) is 16.1 Å². The van der Waals surface area contributed by atoms with Gasteiger partial charge in [-0.05, 0) is 5.56 Å². The fourth-order valence-corrected chi connectivity index (χ4v) is 4.25. The van der Waals surface area contributed by atoms with E-state index < -0.39 is 24.5 Å². The number of nitrogens with zero attached hydrogens (tertiary/aromatic N) is 5. The lowest BCUT2D eigenvalue weighted by Crippen LogP contribution is -2.35. The number of aromatic nitrogens is 5. The van der Waals surface area contributed by atoms with Crippen LogP contribution in [0.5, 0.6) is 5.88 Å². The molecule has 4 heterocycles. The Balaban J connectivity index is 1.37. The third-order valence-electron chi connectivity index (χ3n) is 5.18. The zero-order valence-corrected chi connectivity index (χ0v) is 17.0. The molecule has 4 atom stereocenters. The van der Waals surface area contributed by atoms with Crippen LogP contribution in [0.1, 0.15) is 11.8 Å². The van der Waals surface area contributed by atoms with Crippen molar-refractivity contribution in [2.75, 3.05) is 6.61 Å². The molecule has 0 amide bonds. The van der Waals surface area contributed by atoms with Crippen LogP contribution in [0.2, 0.25) is 0 Å². The van der Waals surface area contributed by atoms with Crippen molar-refractivity contribution in [3.05, 3.63) is 54.1 Å². The maximum absolute atomic E-state index is 10.7. The summed E-state index contributed by atoms with van der Waals surface area (Å²) >= 11 is 1.57. The lowest BCUT2D eigenvalue weighted by molar-refractivity contribution is -0.0761. The molecule has 1 aromatic carbocycles. The van der Waals surface area contributed by atoms with Crippen LogP contribution in [0, 0.1) is 0 Å². The first-order valence-electron chi connectivity index (χ1n) is 9.57. The van der Waals surface area contributed by atoms with Gasteiger partial charge in [0.05, 0.1) is 19.5 Å². The molecule has 0 bridgehead atoms. The highest BCUT2D eigenvalue weighted by Gasteiger charge is 2.46. The molecule has 1 aliphatic heterocycles. The van der Waals surface area contributed by atoms with E-state index in [-0.39, 0.29) is 24.6 Å². The first kappa shape index (κ1) is 20.0. The number of fused-ring (bicyclic) bond motifs is 1. The number of hydrogen-bond donors (Lipinski definition) is 3. The van der Waals surface area contributed by atoms with Gasteiger partial charge in [0.15, 0.2) is 17.4 Å². The summed E-state index contributed by atoms with van der Waals surface area (Å²) in [6.07, 6.45) is 0.958. The number of benzene rings is 1. The van der Waals surface area contributed by atoms with E-state index in [1.165, 1.54) is 12.7 Å². The molecule has 0 saturated carbocycles. The lowest BCUT2D eigenvalue weighted by atomic mass is 10.1. The second-order valence-corrected chi connectivity index (χ2v) is 7.96. The number of aliphatic hydroxyl groups excluding tert-OH is 2. The van der Waals surface area contributed by atoms with Crippen molar-refractivity contribution in [1.82, 2.24) is 24.5 Å². The Morgan fingerprint density at radius 1 is 1.13 bits per heavy atom. The molecule has 160 valence electrons. The van der Waals surface area contributed by atoms with Gasteiger partial charge in [-0.15, -0.1) is 11.3 Å². The average Bonchev–Trinajstić information content (AvgIpc) is 3.52. The number of ether oxygens (including phenoxy) is 2. The highest BCUT2D eigenvalue weighted by atomic mass is 32.1. The summed E-state index contributed by atoms with van der Waals surface area (Å²) in [6, 6.07) is 7.82. The van der Waals surface area contributed by atoms with Crippen LogP contribution in [-0.4, -0.2) is 64.7 Å². The first-order valence-corrected chi connectivity index (χ1v) is 10.4. The Morgan fingerprint density at radius 3 is 2.71 bits per heavy atom. The maximum atomic E-state index is 10.7. The monoisotopic (exact) mass is 441 g/mol. The molecule has 0 spiro atoms. The zero-order valence-electron chi connectivity index (χ0n) is 16.1. The number of rotatable bonds is 6. The maximum Gasteiger partial charge on any atom is 0.242 e. The molecule has 3 N–H and O–H groups in total. The number of aromatic hydroxyl groups is 1. The molecule has 1 aliphatic rings. The second-order valence-electron chi connectivity index (χ2n) is 7.07. The van der Waals surface area contributed by atoms with Crippen LogP contribution in [0.3, 0.4) is 0 Å². The summed E-state index contributed by atoms with van der Waals surface area (Å²) in [7, 11) is 0. The summed E-state index contributed by atoms with van der Waals surface area (Å²) in [5.41, 5.74) is 2.48. The van der Waals surface area contributed by atoms with Crippen LogP contribution in [0.4, 0.5) is 0 Å². The van der Waals surface area contributed by atoms with Crippen LogP contribution in [0.25, 0.3) is 21.7 Å². The van der Waals surface area contributed by atoms with E-state index in [1.54, 1.807) is 22.1 Å².